The van der Waals surface area contributed by atoms with E-state index in [9.17, 15) is 0 Å². The van der Waals surface area contributed by atoms with E-state index in [4.69, 9.17) is 10.00 Å². The molecule has 0 amide bonds. The Morgan fingerprint density at radius 2 is 2.05 bits per heavy atom. The van der Waals surface area contributed by atoms with E-state index in [0.717, 1.165) is 19.6 Å². The molecule has 3 heteroatoms. The molecule has 1 saturated carbocycles. The van der Waals surface area contributed by atoms with Crippen molar-refractivity contribution in [3.8, 4) is 6.07 Å². The lowest BCUT2D eigenvalue weighted by Gasteiger charge is -2.52. The predicted octanol–water partition coefficient (Wildman–Crippen LogP) is 2.85. The summed E-state index contributed by atoms with van der Waals surface area (Å²) in [6.07, 6.45) is 1.45. The highest BCUT2D eigenvalue weighted by atomic mass is 16.5. The minimum absolute atomic E-state index is 0.197. The molecular weight excluding hydrogens is 236 g/mol. The Bertz CT molecular complexity index is 459. The lowest BCUT2D eigenvalue weighted by molar-refractivity contribution is -0.114. The second-order valence-electron chi connectivity index (χ2n) is 5.74. The molecule has 2 atom stereocenters. The molecular formula is C16H22N2O. The third-order valence-electron chi connectivity index (χ3n) is 4.18. The van der Waals surface area contributed by atoms with E-state index in [0.29, 0.717) is 17.7 Å². The van der Waals surface area contributed by atoms with Gasteiger partial charge in [-0.25, -0.2) is 0 Å². The summed E-state index contributed by atoms with van der Waals surface area (Å²) in [7, 11) is 0. The summed E-state index contributed by atoms with van der Waals surface area (Å²) in [5.74, 6) is 0. The van der Waals surface area contributed by atoms with Gasteiger partial charge in [0, 0.05) is 24.6 Å². The Labute approximate surface area is 115 Å². The van der Waals surface area contributed by atoms with Gasteiger partial charge in [-0.2, -0.15) is 5.26 Å². The molecule has 1 aromatic carbocycles. The first-order valence-electron chi connectivity index (χ1n) is 6.92. The maximum Gasteiger partial charge on any atom is 0.0991 e. The Balaban J connectivity index is 1.85. The normalized spacial score (nSPS) is 24.5. The highest BCUT2D eigenvalue weighted by molar-refractivity contribution is 5.31. The van der Waals surface area contributed by atoms with Crippen molar-refractivity contribution in [2.45, 2.75) is 45.9 Å². The number of ether oxygens (including phenoxy) is 1. The molecule has 1 fully saturated rings. The van der Waals surface area contributed by atoms with Gasteiger partial charge in [0.25, 0.3) is 0 Å². The van der Waals surface area contributed by atoms with Crippen LogP contribution < -0.4 is 5.32 Å². The molecule has 0 aliphatic heterocycles. The van der Waals surface area contributed by atoms with Crippen LogP contribution in [0.4, 0.5) is 0 Å². The molecule has 2 rings (SSSR count). The Morgan fingerprint density at radius 1 is 1.37 bits per heavy atom. The minimum Gasteiger partial charge on any atom is -0.378 e. The van der Waals surface area contributed by atoms with E-state index in [2.05, 4.69) is 25.2 Å². The molecule has 1 N–H and O–H groups in total. The van der Waals surface area contributed by atoms with Crippen molar-refractivity contribution in [1.82, 2.24) is 5.32 Å². The molecule has 0 radical (unpaired) electrons. The monoisotopic (exact) mass is 258 g/mol. The van der Waals surface area contributed by atoms with Crippen LogP contribution in [0.5, 0.6) is 0 Å². The number of nitrogens with one attached hydrogen (secondary N) is 1. The average Bonchev–Trinajstić information content (AvgIpc) is 2.42. The molecule has 0 bridgehead atoms. The summed E-state index contributed by atoms with van der Waals surface area (Å²) in [6.45, 7) is 8.20. The quantitative estimate of drug-likeness (QED) is 0.883. The van der Waals surface area contributed by atoms with Crippen LogP contribution in [-0.4, -0.2) is 18.8 Å². The first-order valence-corrected chi connectivity index (χ1v) is 6.92. The molecule has 2 unspecified atom stereocenters. The predicted molar refractivity (Wildman–Crippen MR) is 75.6 cm³/mol. The van der Waals surface area contributed by atoms with E-state index in [1.807, 2.05) is 31.2 Å². The number of nitriles is 1. The zero-order chi connectivity index (χ0) is 13.9. The summed E-state index contributed by atoms with van der Waals surface area (Å²) in [5.41, 5.74) is 2.13. The molecule has 1 aliphatic rings. The summed E-state index contributed by atoms with van der Waals surface area (Å²) in [5, 5.41) is 12.4. The number of benzene rings is 1. The average molecular weight is 258 g/mol. The molecule has 0 aromatic heterocycles. The molecule has 3 nitrogen and oxygen atoms in total. The Kier molecular flexibility index (Phi) is 4.24. The fourth-order valence-electron chi connectivity index (χ4n) is 2.65. The first-order chi connectivity index (χ1) is 9.07. The lowest BCUT2D eigenvalue weighted by Crippen LogP contribution is -2.60. The van der Waals surface area contributed by atoms with Crippen LogP contribution in [0.2, 0.25) is 0 Å². The van der Waals surface area contributed by atoms with Crippen molar-refractivity contribution in [3.63, 3.8) is 0 Å². The van der Waals surface area contributed by atoms with Crippen LogP contribution >= 0.6 is 0 Å². The van der Waals surface area contributed by atoms with Gasteiger partial charge in [0.1, 0.15) is 0 Å². The van der Waals surface area contributed by atoms with E-state index >= 15 is 0 Å². The van der Waals surface area contributed by atoms with Crippen LogP contribution in [0.1, 0.15) is 38.3 Å². The number of rotatable bonds is 5. The zero-order valence-electron chi connectivity index (χ0n) is 11.9. The molecule has 1 aliphatic carbocycles. The highest BCUT2D eigenvalue weighted by Crippen LogP contribution is 2.42. The second-order valence-corrected chi connectivity index (χ2v) is 5.74. The maximum atomic E-state index is 8.76. The maximum absolute atomic E-state index is 8.76. The molecule has 0 spiro atoms. The van der Waals surface area contributed by atoms with Crippen LogP contribution in [0.15, 0.2) is 24.3 Å². The van der Waals surface area contributed by atoms with Crippen molar-refractivity contribution in [2.24, 2.45) is 5.41 Å². The summed E-state index contributed by atoms with van der Waals surface area (Å²) in [4.78, 5) is 0. The molecule has 19 heavy (non-hydrogen) atoms. The van der Waals surface area contributed by atoms with Gasteiger partial charge in [-0.3, -0.25) is 0 Å². The third kappa shape index (κ3) is 2.97. The van der Waals surface area contributed by atoms with E-state index in [-0.39, 0.29) is 5.41 Å². The van der Waals surface area contributed by atoms with Crippen molar-refractivity contribution in [2.75, 3.05) is 6.61 Å². The van der Waals surface area contributed by atoms with Crippen LogP contribution in [-0.2, 0) is 11.3 Å². The van der Waals surface area contributed by atoms with Gasteiger partial charge in [0.15, 0.2) is 0 Å². The molecule has 102 valence electrons. The summed E-state index contributed by atoms with van der Waals surface area (Å²) in [6, 6.07) is 10.4. The molecule has 0 saturated heterocycles. The van der Waals surface area contributed by atoms with Gasteiger partial charge in [-0.1, -0.05) is 26.0 Å². The van der Waals surface area contributed by atoms with E-state index in [1.54, 1.807) is 0 Å². The SMILES string of the molecule is CCOC1CC(NCc2ccc(C#N)cc2)C1(C)C. The molecule has 1 aromatic rings. The van der Waals surface area contributed by atoms with Gasteiger partial charge < -0.3 is 10.1 Å². The fourth-order valence-corrected chi connectivity index (χ4v) is 2.65. The standard InChI is InChI=1S/C16H22N2O/c1-4-19-15-9-14(16(15,2)3)18-11-13-7-5-12(10-17)6-8-13/h5-8,14-15,18H,4,9,11H2,1-3H3. The Morgan fingerprint density at radius 3 is 2.58 bits per heavy atom. The zero-order valence-corrected chi connectivity index (χ0v) is 11.9. The van der Waals surface area contributed by atoms with E-state index in [1.165, 1.54) is 5.56 Å². The fraction of sp³-hybridized carbons (Fsp3) is 0.562. The summed E-state index contributed by atoms with van der Waals surface area (Å²) < 4.78 is 5.73. The van der Waals surface area contributed by atoms with Gasteiger partial charge >= 0.3 is 0 Å². The molecule has 0 heterocycles. The first kappa shape index (κ1) is 14.0. The lowest BCUT2D eigenvalue weighted by atomic mass is 9.64. The van der Waals surface area contributed by atoms with E-state index < -0.39 is 0 Å². The van der Waals surface area contributed by atoms with Crippen LogP contribution in [0, 0.1) is 16.7 Å². The third-order valence-corrected chi connectivity index (χ3v) is 4.18. The smallest absolute Gasteiger partial charge is 0.0991 e. The number of hydrogen-bond acceptors (Lipinski definition) is 3. The Hall–Kier alpha value is -1.37. The van der Waals surface area contributed by atoms with Crippen molar-refractivity contribution in [3.05, 3.63) is 35.4 Å². The second kappa shape index (κ2) is 5.73. The number of hydrogen-bond donors (Lipinski definition) is 1. The summed E-state index contributed by atoms with van der Waals surface area (Å²) >= 11 is 0. The largest absolute Gasteiger partial charge is 0.378 e. The highest BCUT2D eigenvalue weighted by Gasteiger charge is 2.48. The van der Waals surface area contributed by atoms with Crippen molar-refractivity contribution in [1.29, 1.82) is 5.26 Å². The topological polar surface area (TPSA) is 45.0 Å². The van der Waals surface area contributed by atoms with Gasteiger partial charge in [0.05, 0.1) is 17.7 Å². The van der Waals surface area contributed by atoms with Crippen LogP contribution in [0.25, 0.3) is 0 Å². The van der Waals surface area contributed by atoms with Crippen LogP contribution in [0.3, 0.4) is 0 Å². The van der Waals surface area contributed by atoms with Gasteiger partial charge in [0.2, 0.25) is 0 Å². The van der Waals surface area contributed by atoms with Gasteiger partial charge in [-0.05, 0) is 31.0 Å². The van der Waals surface area contributed by atoms with Crippen molar-refractivity contribution >= 4 is 0 Å². The van der Waals surface area contributed by atoms with Crippen molar-refractivity contribution < 1.29 is 4.74 Å². The van der Waals surface area contributed by atoms with Gasteiger partial charge in [-0.15, -0.1) is 0 Å². The minimum atomic E-state index is 0.197. The number of nitrogens with zero attached hydrogens (tertiary/aromatic N) is 1.